The van der Waals surface area contributed by atoms with Crippen LogP contribution in [0.15, 0.2) is 84.1 Å². The molecule has 4 aromatic rings. The first-order valence-electron chi connectivity index (χ1n) is 15.2. The quantitative estimate of drug-likeness (QED) is 0.142. The van der Waals surface area contributed by atoms with E-state index >= 15 is 0 Å². The summed E-state index contributed by atoms with van der Waals surface area (Å²) in [6.07, 6.45) is 3.03. The number of fused-ring (bicyclic) bond motifs is 1. The summed E-state index contributed by atoms with van der Waals surface area (Å²) in [5.74, 6) is 1.15. The molecule has 0 saturated heterocycles. The summed E-state index contributed by atoms with van der Waals surface area (Å²) in [5, 5.41) is 7.29. The molecule has 242 valence electrons. The van der Waals surface area contributed by atoms with E-state index in [1.54, 1.807) is 39.1 Å². The van der Waals surface area contributed by atoms with Gasteiger partial charge in [-0.05, 0) is 50.1 Å². The van der Waals surface area contributed by atoms with Gasteiger partial charge in [0.1, 0.15) is 35.9 Å². The van der Waals surface area contributed by atoms with Crippen molar-refractivity contribution in [2.45, 2.75) is 43.6 Å². The van der Waals surface area contributed by atoms with Crippen molar-refractivity contribution in [3.8, 4) is 11.5 Å². The first kappa shape index (κ1) is 34.3. The minimum absolute atomic E-state index is 0.147. The van der Waals surface area contributed by atoms with Crippen LogP contribution in [0.5, 0.6) is 11.5 Å². The molecule has 10 nitrogen and oxygen atoms in total. The summed E-state index contributed by atoms with van der Waals surface area (Å²) < 4.78 is 48.6. The normalized spacial score (nSPS) is 12.0. The SMILES string of the molecule is CC(C)(C)S(=O)(=O)c1cc2cncnc2cc1OCCNCCOCCOCCNCc1cccc(OCc2ccccc2)c1. The average molecular weight is 637 g/mol. The van der Waals surface area contributed by atoms with E-state index in [9.17, 15) is 8.42 Å². The minimum Gasteiger partial charge on any atom is -0.491 e. The van der Waals surface area contributed by atoms with Crippen LogP contribution in [0.4, 0.5) is 0 Å². The molecule has 0 aliphatic carbocycles. The molecule has 1 aromatic heterocycles. The predicted molar refractivity (Wildman–Crippen MR) is 175 cm³/mol. The Kier molecular flexibility index (Phi) is 13.1. The molecule has 0 aliphatic heterocycles. The van der Waals surface area contributed by atoms with Gasteiger partial charge in [0.25, 0.3) is 0 Å². The third-order valence-corrected chi connectivity index (χ3v) is 9.41. The highest BCUT2D eigenvalue weighted by molar-refractivity contribution is 7.92. The molecule has 45 heavy (non-hydrogen) atoms. The molecule has 0 spiro atoms. The molecule has 2 N–H and O–H groups in total. The fraction of sp³-hybridized carbons (Fsp3) is 0.412. The lowest BCUT2D eigenvalue weighted by Gasteiger charge is -2.22. The van der Waals surface area contributed by atoms with E-state index in [0.717, 1.165) is 30.0 Å². The molecule has 11 heteroatoms. The van der Waals surface area contributed by atoms with Crippen molar-refractivity contribution >= 4 is 20.7 Å². The Bertz CT molecular complexity index is 1580. The van der Waals surface area contributed by atoms with Gasteiger partial charge in [-0.2, -0.15) is 0 Å². The second-order valence-corrected chi connectivity index (χ2v) is 14.1. The average Bonchev–Trinajstić information content (AvgIpc) is 3.03. The Balaban J connectivity index is 1.04. The number of ether oxygens (including phenoxy) is 4. The lowest BCUT2D eigenvalue weighted by atomic mass is 10.2. The van der Waals surface area contributed by atoms with Crippen LogP contribution in [0.25, 0.3) is 10.9 Å². The first-order valence-corrected chi connectivity index (χ1v) is 16.7. The van der Waals surface area contributed by atoms with E-state index in [4.69, 9.17) is 18.9 Å². The van der Waals surface area contributed by atoms with Crippen molar-refractivity contribution < 1.29 is 27.4 Å². The number of rotatable bonds is 19. The fourth-order valence-corrected chi connectivity index (χ4v) is 5.65. The molecular weight excluding hydrogens is 592 g/mol. The first-order chi connectivity index (χ1) is 21.7. The maximum atomic E-state index is 13.2. The molecule has 0 radical (unpaired) electrons. The number of nitrogens with zero attached hydrogens (tertiary/aromatic N) is 2. The Morgan fingerprint density at radius 3 is 2.22 bits per heavy atom. The summed E-state index contributed by atoms with van der Waals surface area (Å²) in [5.41, 5.74) is 2.93. The van der Waals surface area contributed by atoms with Gasteiger partial charge < -0.3 is 29.6 Å². The van der Waals surface area contributed by atoms with E-state index in [-0.39, 0.29) is 4.90 Å². The molecule has 1 heterocycles. The highest BCUT2D eigenvalue weighted by Gasteiger charge is 2.34. The van der Waals surface area contributed by atoms with Crippen LogP contribution in [0, 0.1) is 0 Å². The summed E-state index contributed by atoms with van der Waals surface area (Å²) in [6, 6.07) is 21.5. The van der Waals surface area contributed by atoms with Gasteiger partial charge >= 0.3 is 0 Å². The maximum absolute atomic E-state index is 13.2. The van der Waals surface area contributed by atoms with E-state index in [0.29, 0.717) is 69.4 Å². The van der Waals surface area contributed by atoms with Crippen LogP contribution in [0.2, 0.25) is 0 Å². The third-order valence-electron chi connectivity index (χ3n) is 6.90. The van der Waals surface area contributed by atoms with Gasteiger partial charge in [-0.3, -0.25) is 0 Å². The molecule has 0 aliphatic rings. The molecule has 0 atom stereocenters. The molecule has 4 rings (SSSR count). The van der Waals surface area contributed by atoms with Crippen molar-refractivity contribution in [2.24, 2.45) is 0 Å². The molecule has 0 unspecified atom stereocenters. The molecule has 0 fully saturated rings. The predicted octanol–water partition coefficient (Wildman–Crippen LogP) is 4.57. The number of nitrogens with one attached hydrogen (secondary N) is 2. The fourth-order valence-electron chi connectivity index (χ4n) is 4.33. The Morgan fingerprint density at radius 1 is 0.756 bits per heavy atom. The van der Waals surface area contributed by atoms with Crippen molar-refractivity contribution in [3.05, 3.63) is 90.4 Å². The van der Waals surface area contributed by atoms with Gasteiger partial charge in [0.05, 0.1) is 36.7 Å². The van der Waals surface area contributed by atoms with Gasteiger partial charge in [-0.25, -0.2) is 18.4 Å². The zero-order valence-corrected chi connectivity index (χ0v) is 27.1. The van der Waals surface area contributed by atoms with Crippen molar-refractivity contribution in [3.63, 3.8) is 0 Å². The molecular formula is C34H44N4O6S. The van der Waals surface area contributed by atoms with Crippen molar-refractivity contribution in [1.82, 2.24) is 20.6 Å². The number of hydrogen-bond acceptors (Lipinski definition) is 10. The Labute approximate surface area is 266 Å². The highest BCUT2D eigenvalue weighted by atomic mass is 32.2. The maximum Gasteiger partial charge on any atom is 0.186 e. The Hall–Kier alpha value is -3.61. The summed E-state index contributed by atoms with van der Waals surface area (Å²) in [6.45, 7) is 10.7. The van der Waals surface area contributed by atoms with Gasteiger partial charge in [0, 0.05) is 43.8 Å². The van der Waals surface area contributed by atoms with Crippen LogP contribution in [-0.4, -0.2) is 75.8 Å². The van der Waals surface area contributed by atoms with E-state index in [2.05, 4.69) is 44.9 Å². The Morgan fingerprint density at radius 2 is 1.47 bits per heavy atom. The molecule has 0 saturated carbocycles. The lowest BCUT2D eigenvalue weighted by molar-refractivity contribution is 0.0497. The second kappa shape index (κ2) is 17.2. The number of aromatic nitrogens is 2. The van der Waals surface area contributed by atoms with E-state index < -0.39 is 14.6 Å². The van der Waals surface area contributed by atoms with Crippen molar-refractivity contribution in [1.29, 1.82) is 0 Å². The van der Waals surface area contributed by atoms with Crippen LogP contribution in [-0.2, 0) is 32.5 Å². The third kappa shape index (κ3) is 10.8. The van der Waals surface area contributed by atoms with Crippen LogP contribution < -0.4 is 20.1 Å². The van der Waals surface area contributed by atoms with E-state index in [1.807, 2.05) is 30.3 Å². The molecule has 3 aromatic carbocycles. The van der Waals surface area contributed by atoms with Crippen molar-refractivity contribution in [2.75, 3.05) is 52.7 Å². The smallest absolute Gasteiger partial charge is 0.186 e. The monoisotopic (exact) mass is 636 g/mol. The van der Waals surface area contributed by atoms with Crippen LogP contribution in [0.3, 0.4) is 0 Å². The van der Waals surface area contributed by atoms with E-state index in [1.165, 1.54) is 6.33 Å². The lowest BCUT2D eigenvalue weighted by Crippen LogP contribution is -2.29. The van der Waals surface area contributed by atoms with Gasteiger partial charge in [-0.1, -0.05) is 42.5 Å². The highest BCUT2D eigenvalue weighted by Crippen LogP contribution is 2.34. The summed E-state index contributed by atoms with van der Waals surface area (Å²) >= 11 is 0. The van der Waals surface area contributed by atoms with Crippen LogP contribution >= 0.6 is 0 Å². The largest absolute Gasteiger partial charge is 0.491 e. The van der Waals surface area contributed by atoms with Crippen LogP contribution in [0.1, 0.15) is 31.9 Å². The number of hydrogen-bond donors (Lipinski definition) is 2. The second-order valence-electron chi connectivity index (χ2n) is 11.4. The molecule has 0 amide bonds. The zero-order chi connectivity index (χ0) is 32.0. The zero-order valence-electron chi connectivity index (χ0n) is 26.3. The summed E-state index contributed by atoms with van der Waals surface area (Å²) in [4.78, 5) is 8.39. The van der Waals surface area contributed by atoms with Gasteiger partial charge in [0.15, 0.2) is 9.84 Å². The minimum atomic E-state index is -3.63. The molecule has 0 bridgehead atoms. The summed E-state index contributed by atoms with van der Waals surface area (Å²) in [7, 11) is -3.63. The number of benzene rings is 3. The van der Waals surface area contributed by atoms with Gasteiger partial charge in [0.2, 0.25) is 0 Å². The number of sulfone groups is 1. The standard InChI is InChI=1S/C34H44N4O6S/c1-34(2,3)45(39,40)33-21-29-24-37-26-38-31(29)22-32(33)43-17-14-35-12-15-41-18-19-42-16-13-36-23-28-10-7-11-30(20-28)44-25-27-8-5-4-6-9-27/h4-11,20-22,24,26,35-36H,12-19,23,25H2,1-3H3. The van der Waals surface area contributed by atoms with Gasteiger partial charge in [-0.15, -0.1) is 0 Å². The topological polar surface area (TPSA) is 121 Å².